The maximum atomic E-state index is 6.09. The van der Waals surface area contributed by atoms with E-state index >= 15 is 0 Å². The number of tetrazole rings is 1. The first-order chi connectivity index (χ1) is 12.1. The highest BCUT2D eigenvalue weighted by molar-refractivity contribution is 7.71. The Morgan fingerprint density at radius 2 is 2.08 bits per heavy atom. The van der Waals surface area contributed by atoms with Crippen LogP contribution in [0.1, 0.15) is 10.4 Å². The number of methoxy groups -OCH3 is 1. The molecule has 3 rings (SSSR count). The molecule has 1 aromatic carbocycles. The van der Waals surface area contributed by atoms with E-state index in [4.69, 9.17) is 28.6 Å². The molecule has 0 saturated heterocycles. The van der Waals surface area contributed by atoms with Crippen molar-refractivity contribution in [2.24, 2.45) is 0 Å². The molecule has 2 aromatic heterocycles. The molecule has 0 atom stereocenters. The molecule has 9 heteroatoms. The number of ether oxygens (including phenoxy) is 1. The van der Waals surface area contributed by atoms with Gasteiger partial charge in [0.1, 0.15) is 5.75 Å². The third-order valence-electron chi connectivity index (χ3n) is 3.64. The van der Waals surface area contributed by atoms with Crippen LogP contribution in [0.2, 0.25) is 5.02 Å². The Hall–Kier alpha value is -1.74. The van der Waals surface area contributed by atoms with Crippen LogP contribution in [0, 0.1) is 4.77 Å². The van der Waals surface area contributed by atoms with E-state index in [1.807, 2.05) is 36.7 Å². The molecule has 0 aliphatic heterocycles. The first kappa shape index (κ1) is 18.1. The Bertz CT molecular complexity index is 890. The van der Waals surface area contributed by atoms with Crippen LogP contribution in [0.5, 0.6) is 5.75 Å². The number of thiophene rings is 1. The van der Waals surface area contributed by atoms with Crippen molar-refractivity contribution in [3.05, 3.63) is 55.9 Å². The first-order valence-electron chi connectivity index (χ1n) is 7.61. The van der Waals surface area contributed by atoms with Crippen LogP contribution in [-0.2, 0) is 19.8 Å². The van der Waals surface area contributed by atoms with Crippen LogP contribution >= 0.6 is 35.2 Å². The Labute approximate surface area is 160 Å². The summed E-state index contributed by atoms with van der Waals surface area (Å²) in [5.41, 5.74) is 1.01. The van der Waals surface area contributed by atoms with Gasteiger partial charge in [0.15, 0.2) is 0 Å². The molecule has 3 aromatic rings. The van der Waals surface area contributed by atoms with Gasteiger partial charge in [-0.1, -0.05) is 17.7 Å². The largest absolute Gasteiger partial charge is 0.496 e. The van der Waals surface area contributed by atoms with E-state index in [9.17, 15) is 0 Å². The molecule has 0 N–H and O–H groups in total. The minimum atomic E-state index is 0.527. The number of rotatable bonds is 7. The molecular formula is C16H18ClN5OS2. The van der Waals surface area contributed by atoms with E-state index in [0.717, 1.165) is 11.3 Å². The predicted molar refractivity (Wildman–Crippen MR) is 102 cm³/mol. The van der Waals surface area contributed by atoms with Crippen LogP contribution in [0.15, 0.2) is 35.7 Å². The Balaban J connectivity index is 1.69. The molecule has 0 unspecified atom stereocenters. The van der Waals surface area contributed by atoms with Crippen LogP contribution in [0.3, 0.4) is 0 Å². The van der Waals surface area contributed by atoms with E-state index in [1.54, 1.807) is 27.8 Å². The van der Waals surface area contributed by atoms with Gasteiger partial charge in [0.2, 0.25) is 4.77 Å². The molecule has 0 spiro atoms. The molecule has 0 fully saturated rings. The normalized spacial score (nSPS) is 11.2. The summed E-state index contributed by atoms with van der Waals surface area (Å²) in [7, 11) is 3.64. The molecule has 0 saturated carbocycles. The zero-order chi connectivity index (χ0) is 17.8. The standard InChI is InChI=1S/C16H18ClN5OS2/c1-20(9-12-8-13(17)5-6-15(12)23-2)11-22-16(24)21(18-19-22)10-14-4-3-7-25-14/h3-8H,9-11H2,1-2H3. The summed E-state index contributed by atoms with van der Waals surface area (Å²) in [6.07, 6.45) is 0. The predicted octanol–water partition coefficient (Wildman–Crippen LogP) is 3.67. The topological polar surface area (TPSA) is 48.1 Å². The number of nitrogens with zero attached hydrogens (tertiary/aromatic N) is 5. The number of halogens is 1. The van der Waals surface area contributed by atoms with Gasteiger partial charge in [-0.05, 0) is 59.3 Å². The molecule has 0 amide bonds. The van der Waals surface area contributed by atoms with Crippen LogP contribution < -0.4 is 4.74 Å². The summed E-state index contributed by atoms with van der Waals surface area (Å²) >= 11 is 13.3. The second kappa shape index (κ2) is 8.09. The van der Waals surface area contributed by atoms with Crippen molar-refractivity contribution < 1.29 is 4.74 Å². The molecule has 25 heavy (non-hydrogen) atoms. The van der Waals surface area contributed by atoms with Crippen LogP contribution in [0.4, 0.5) is 0 Å². The van der Waals surface area contributed by atoms with Crippen LogP contribution in [-0.4, -0.2) is 38.8 Å². The number of hydrogen-bond acceptors (Lipinski definition) is 6. The van der Waals surface area contributed by atoms with Crippen molar-refractivity contribution in [3.8, 4) is 5.75 Å². The zero-order valence-corrected chi connectivity index (χ0v) is 16.3. The molecule has 6 nitrogen and oxygen atoms in total. The fourth-order valence-electron chi connectivity index (χ4n) is 2.48. The highest BCUT2D eigenvalue weighted by atomic mass is 35.5. The second-order valence-corrected chi connectivity index (χ2v) is 7.44. The van der Waals surface area contributed by atoms with Crippen molar-refractivity contribution >= 4 is 35.2 Å². The molecule has 2 heterocycles. The Morgan fingerprint density at radius 1 is 1.28 bits per heavy atom. The smallest absolute Gasteiger partial charge is 0.217 e. The lowest BCUT2D eigenvalue weighted by molar-refractivity contribution is 0.238. The minimum absolute atomic E-state index is 0.527. The van der Waals surface area contributed by atoms with Gasteiger partial charge in [-0.15, -0.1) is 11.3 Å². The second-order valence-electron chi connectivity index (χ2n) is 5.61. The summed E-state index contributed by atoms with van der Waals surface area (Å²) in [5.74, 6) is 0.807. The van der Waals surface area contributed by atoms with E-state index < -0.39 is 0 Å². The van der Waals surface area contributed by atoms with Crippen molar-refractivity contribution in [3.63, 3.8) is 0 Å². The third-order valence-corrected chi connectivity index (χ3v) is 5.16. The van der Waals surface area contributed by atoms with E-state index in [2.05, 4.69) is 21.4 Å². The Kier molecular flexibility index (Phi) is 5.85. The lowest BCUT2D eigenvalue weighted by Gasteiger charge is -2.18. The maximum absolute atomic E-state index is 6.09. The fourth-order valence-corrected chi connectivity index (χ4v) is 3.56. The van der Waals surface area contributed by atoms with Crippen molar-refractivity contribution in [2.45, 2.75) is 19.8 Å². The summed E-state index contributed by atoms with van der Waals surface area (Å²) in [5, 5.41) is 11.0. The third kappa shape index (κ3) is 4.46. The Morgan fingerprint density at radius 3 is 2.80 bits per heavy atom. The lowest BCUT2D eigenvalue weighted by Crippen LogP contribution is -2.23. The molecule has 132 valence electrons. The quantitative estimate of drug-likeness (QED) is 0.571. The SMILES string of the molecule is COc1ccc(Cl)cc1CN(C)Cn1nnn(Cc2cccs2)c1=S. The summed E-state index contributed by atoms with van der Waals surface area (Å²) in [6, 6.07) is 9.66. The average Bonchev–Trinajstić information content (AvgIpc) is 3.20. The van der Waals surface area contributed by atoms with Gasteiger partial charge < -0.3 is 4.74 Å². The van der Waals surface area contributed by atoms with Gasteiger partial charge in [-0.3, -0.25) is 4.90 Å². The molecule has 0 bridgehead atoms. The van der Waals surface area contributed by atoms with Crippen molar-refractivity contribution in [2.75, 3.05) is 14.2 Å². The van der Waals surface area contributed by atoms with Gasteiger partial charge >= 0.3 is 0 Å². The fraction of sp³-hybridized carbons (Fsp3) is 0.312. The highest BCUT2D eigenvalue weighted by Gasteiger charge is 2.11. The average molecular weight is 396 g/mol. The maximum Gasteiger partial charge on any atom is 0.217 e. The number of benzene rings is 1. The molecular weight excluding hydrogens is 378 g/mol. The zero-order valence-electron chi connectivity index (χ0n) is 13.9. The number of aromatic nitrogens is 4. The number of hydrogen-bond donors (Lipinski definition) is 0. The molecule has 0 radical (unpaired) electrons. The van der Waals surface area contributed by atoms with Gasteiger partial charge in [0.25, 0.3) is 0 Å². The van der Waals surface area contributed by atoms with Gasteiger partial charge in [-0.2, -0.15) is 0 Å². The lowest BCUT2D eigenvalue weighted by atomic mass is 10.2. The van der Waals surface area contributed by atoms with Gasteiger partial charge in [0.05, 0.1) is 20.3 Å². The highest BCUT2D eigenvalue weighted by Crippen LogP contribution is 2.23. The van der Waals surface area contributed by atoms with Crippen molar-refractivity contribution in [1.82, 2.24) is 24.7 Å². The summed E-state index contributed by atoms with van der Waals surface area (Å²) in [4.78, 5) is 3.27. The van der Waals surface area contributed by atoms with E-state index in [1.165, 1.54) is 4.88 Å². The van der Waals surface area contributed by atoms with Crippen LogP contribution in [0.25, 0.3) is 0 Å². The van der Waals surface area contributed by atoms with E-state index in [-0.39, 0.29) is 0 Å². The van der Waals surface area contributed by atoms with Crippen molar-refractivity contribution in [1.29, 1.82) is 0 Å². The molecule has 0 aliphatic rings. The van der Waals surface area contributed by atoms with Gasteiger partial charge in [-0.25, -0.2) is 9.36 Å². The minimum Gasteiger partial charge on any atom is -0.496 e. The first-order valence-corrected chi connectivity index (χ1v) is 9.27. The summed E-state index contributed by atoms with van der Waals surface area (Å²) in [6.45, 7) is 1.82. The monoisotopic (exact) mass is 395 g/mol. The summed E-state index contributed by atoms with van der Waals surface area (Å²) < 4.78 is 9.43. The van der Waals surface area contributed by atoms with E-state index in [0.29, 0.717) is 29.6 Å². The molecule has 0 aliphatic carbocycles. The van der Waals surface area contributed by atoms with Gasteiger partial charge in [0, 0.05) is 22.0 Å².